The summed E-state index contributed by atoms with van der Waals surface area (Å²) < 4.78 is 39.4. The van der Waals surface area contributed by atoms with Crippen LogP contribution in [0.15, 0.2) is 17.0 Å². The van der Waals surface area contributed by atoms with Crippen LogP contribution >= 0.6 is 0 Å². The number of sulfonamides is 1. The number of rotatable bonds is 7. The number of carbonyl (C=O) groups is 1. The van der Waals surface area contributed by atoms with Gasteiger partial charge >= 0.3 is 0 Å². The summed E-state index contributed by atoms with van der Waals surface area (Å²) in [4.78, 5) is 16.9. The lowest BCUT2D eigenvalue weighted by Crippen LogP contribution is -2.41. The Hall–Kier alpha value is -1.68. The van der Waals surface area contributed by atoms with Crippen molar-refractivity contribution in [1.82, 2.24) is 14.1 Å². The normalized spacial score (nSPS) is 21.3. The van der Waals surface area contributed by atoms with Crippen LogP contribution in [0.4, 0.5) is 0 Å². The van der Waals surface area contributed by atoms with Gasteiger partial charge in [0.15, 0.2) is 0 Å². The monoisotopic (exact) mass is 453 g/mol. The highest BCUT2D eigenvalue weighted by molar-refractivity contribution is 7.89. The topological polar surface area (TPSA) is 79.4 Å². The number of likely N-dealkylation sites (N-methyl/N-ethyl adjacent to an activating group) is 1. The highest BCUT2D eigenvalue weighted by Crippen LogP contribution is 2.32. The lowest BCUT2D eigenvalue weighted by Gasteiger charge is -2.26. The number of ether oxygens (including phenoxy) is 2. The Labute approximate surface area is 186 Å². The van der Waals surface area contributed by atoms with Gasteiger partial charge in [-0.1, -0.05) is 0 Å². The van der Waals surface area contributed by atoms with Crippen molar-refractivity contribution in [2.24, 2.45) is 0 Å². The van der Waals surface area contributed by atoms with Gasteiger partial charge in [0.1, 0.15) is 12.4 Å². The molecule has 9 heteroatoms. The number of methoxy groups -OCH3 is 1. The summed E-state index contributed by atoms with van der Waals surface area (Å²) in [5.74, 6) is 0.623. The molecular weight excluding hydrogens is 418 g/mol. The minimum atomic E-state index is -3.66. The first-order valence-corrected chi connectivity index (χ1v) is 12.4. The predicted molar refractivity (Wildman–Crippen MR) is 119 cm³/mol. The van der Waals surface area contributed by atoms with Crippen molar-refractivity contribution in [3.63, 3.8) is 0 Å². The fraction of sp³-hybridized carbons (Fsp3) is 0.682. The molecule has 174 valence electrons. The molecule has 0 aromatic heterocycles. The third-order valence-electron chi connectivity index (χ3n) is 6.17. The standard InChI is InChI=1S/C22H35N3O5S/c1-17-13-20(29-4)14-18(2)22(17)31(27,28)25-10-5-7-19(25)15-30-16-21(26)24-9-6-8-23(3)11-12-24/h13-14,19H,5-12,15-16H2,1-4H3. The lowest BCUT2D eigenvalue weighted by atomic mass is 10.1. The molecule has 0 N–H and O–H groups in total. The second kappa shape index (κ2) is 10.3. The first-order chi connectivity index (χ1) is 14.7. The molecule has 2 heterocycles. The predicted octanol–water partition coefficient (Wildman–Crippen LogP) is 1.65. The summed E-state index contributed by atoms with van der Waals surface area (Å²) >= 11 is 0. The van der Waals surface area contributed by atoms with Gasteiger partial charge in [0.2, 0.25) is 15.9 Å². The van der Waals surface area contributed by atoms with E-state index in [4.69, 9.17) is 9.47 Å². The number of aryl methyl sites for hydroxylation is 2. The minimum Gasteiger partial charge on any atom is -0.497 e. The van der Waals surface area contributed by atoms with Crippen molar-refractivity contribution in [3.8, 4) is 5.75 Å². The Bertz CT molecular complexity index is 866. The molecule has 0 aliphatic carbocycles. The molecule has 0 bridgehead atoms. The van der Waals surface area contributed by atoms with Crippen LogP contribution in [-0.4, -0.2) is 94.6 Å². The van der Waals surface area contributed by atoms with E-state index in [1.54, 1.807) is 37.4 Å². The third kappa shape index (κ3) is 5.58. The summed E-state index contributed by atoms with van der Waals surface area (Å²) in [6, 6.07) is 3.24. The second-order valence-corrected chi connectivity index (χ2v) is 10.4. The van der Waals surface area contributed by atoms with Gasteiger partial charge in [-0.25, -0.2) is 8.42 Å². The Morgan fingerprint density at radius 2 is 1.77 bits per heavy atom. The average Bonchev–Trinajstić information content (AvgIpc) is 3.08. The maximum Gasteiger partial charge on any atom is 0.248 e. The molecule has 31 heavy (non-hydrogen) atoms. The van der Waals surface area contributed by atoms with E-state index < -0.39 is 10.0 Å². The largest absolute Gasteiger partial charge is 0.497 e. The first kappa shape index (κ1) is 24.0. The Morgan fingerprint density at radius 1 is 1.06 bits per heavy atom. The van der Waals surface area contributed by atoms with Crippen molar-refractivity contribution in [1.29, 1.82) is 0 Å². The molecule has 1 atom stereocenters. The van der Waals surface area contributed by atoms with E-state index in [9.17, 15) is 13.2 Å². The summed E-state index contributed by atoms with van der Waals surface area (Å²) in [6.45, 7) is 7.58. The Morgan fingerprint density at radius 3 is 2.45 bits per heavy atom. The van der Waals surface area contributed by atoms with E-state index in [-0.39, 0.29) is 25.2 Å². The van der Waals surface area contributed by atoms with Crippen LogP contribution in [0.25, 0.3) is 0 Å². The fourth-order valence-corrected chi connectivity index (χ4v) is 6.61. The van der Waals surface area contributed by atoms with Crippen LogP contribution in [0.2, 0.25) is 0 Å². The van der Waals surface area contributed by atoms with Gasteiger partial charge in [-0.15, -0.1) is 0 Å². The molecule has 2 saturated heterocycles. The van der Waals surface area contributed by atoms with Gasteiger partial charge in [-0.3, -0.25) is 4.79 Å². The molecule has 2 fully saturated rings. The number of carbonyl (C=O) groups excluding carboxylic acids is 1. The van der Waals surface area contributed by atoms with Crippen molar-refractivity contribution in [2.75, 3.05) is 60.1 Å². The van der Waals surface area contributed by atoms with Crippen LogP contribution in [0.1, 0.15) is 30.4 Å². The number of hydrogen-bond donors (Lipinski definition) is 0. The van der Waals surface area contributed by atoms with Gasteiger partial charge in [0, 0.05) is 32.2 Å². The van der Waals surface area contributed by atoms with E-state index in [2.05, 4.69) is 11.9 Å². The third-order valence-corrected chi connectivity index (χ3v) is 8.43. The van der Waals surface area contributed by atoms with Crippen molar-refractivity contribution >= 4 is 15.9 Å². The van der Waals surface area contributed by atoms with Crippen molar-refractivity contribution in [2.45, 2.75) is 44.0 Å². The van der Waals surface area contributed by atoms with Gasteiger partial charge in [-0.2, -0.15) is 4.31 Å². The summed E-state index contributed by atoms with van der Waals surface area (Å²) in [5, 5.41) is 0. The molecule has 2 aliphatic rings. The lowest BCUT2D eigenvalue weighted by molar-refractivity contribution is -0.136. The zero-order chi connectivity index (χ0) is 22.6. The minimum absolute atomic E-state index is 0.00526. The van der Waals surface area contributed by atoms with E-state index >= 15 is 0 Å². The maximum absolute atomic E-state index is 13.4. The molecule has 8 nitrogen and oxygen atoms in total. The highest BCUT2D eigenvalue weighted by Gasteiger charge is 2.37. The number of benzene rings is 1. The van der Waals surface area contributed by atoms with Crippen LogP contribution in [0.3, 0.4) is 0 Å². The number of hydrogen-bond acceptors (Lipinski definition) is 6. The van der Waals surface area contributed by atoms with E-state index in [0.29, 0.717) is 34.9 Å². The SMILES string of the molecule is COc1cc(C)c(S(=O)(=O)N2CCCC2COCC(=O)N2CCCN(C)CC2)c(C)c1. The number of nitrogens with zero attached hydrogens (tertiary/aromatic N) is 3. The summed E-state index contributed by atoms with van der Waals surface area (Å²) in [5.41, 5.74) is 1.34. The molecule has 3 rings (SSSR count). The summed E-state index contributed by atoms with van der Waals surface area (Å²) in [7, 11) is -0.0272. The molecular formula is C22H35N3O5S. The van der Waals surface area contributed by atoms with Gasteiger partial charge in [0.05, 0.1) is 18.6 Å². The van der Waals surface area contributed by atoms with E-state index in [1.165, 1.54) is 0 Å². The Kier molecular flexibility index (Phi) is 7.96. The van der Waals surface area contributed by atoms with E-state index in [0.717, 1.165) is 38.9 Å². The van der Waals surface area contributed by atoms with Crippen molar-refractivity contribution in [3.05, 3.63) is 23.3 Å². The molecule has 1 aromatic carbocycles. The van der Waals surface area contributed by atoms with Crippen LogP contribution in [0, 0.1) is 13.8 Å². The van der Waals surface area contributed by atoms with Crippen LogP contribution < -0.4 is 4.74 Å². The highest BCUT2D eigenvalue weighted by atomic mass is 32.2. The molecule has 0 spiro atoms. The molecule has 1 aromatic rings. The van der Waals surface area contributed by atoms with Crippen molar-refractivity contribution < 1.29 is 22.7 Å². The quantitative estimate of drug-likeness (QED) is 0.625. The van der Waals surface area contributed by atoms with Gasteiger partial charge < -0.3 is 19.3 Å². The molecule has 0 radical (unpaired) electrons. The van der Waals surface area contributed by atoms with E-state index in [1.807, 2.05) is 4.90 Å². The molecule has 2 aliphatic heterocycles. The average molecular weight is 454 g/mol. The summed E-state index contributed by atoms with van der Waals surface area (Å²) in [6.07, 6.45) is 2.47. The van der Waals surface area contributed by atoms with Crippen LogP contribution in [0.5, 0.6) is 5.75 Å². The van der Waals surface area contributed by atoms with Gasteiger partial charge in [0.25, 0.3) is 0 Å². The fourth-order valence-electron chi connectivity index (χ4n) is 4.51. The zero-order valence-electron chi connectivity index (χ0n) is 19.1. The molecule has 0 saturated carbocycles. The Balaban J connectivity index is 1.63. The van der Waals surface area contributed by atoms with Crippen LogP contribution in [-0.2, 0) is 19.6 Å². The zero-order valence-corrected chi connectivity index (χ0v) is 19.9. The molecule has 1 unspecified atom stereocenters. The van der Waals surface area contributed by atoms with Gasteiger partial charge in [-0.05, 0) is 70.0 Å². The number of amides is 1. The maximum atomic E-state index is 13.4. The molecule has 1 amide bonds. The smallest absolute Gasteiger partial charge is 0.248 e. The second-order valence-electron chi connectivity index (χ2n) is 8.55. The first-order valence-electron chi connectivity index (χ1n) is 10.9.